The number of hydrogen-bond donors (Lipinski definition) is 21. The number of aliphatic hydroxyl groups excluding tert-OH is 21. The molecule has 520 valence electrons. The normalized spacial score (nSPS) is 50.6. The summed E-state index contributed by atoms with van der Waals surface area (Å²) in [7, 11) is 0. The lowest BCUT2D eigenvalue weighted by atomic mass is 9.95. The molecule has 0 aliphatic carbocycles. The molecule has 21 heterocycles. The lowest BCUT2D eigenvalue weighted by molar-refractivity contribution is -0.397. The molecule has 21 aliphatic rings. The fraction of sp³-hybridized carbons (Fsp3) is 1.00. The molecule has 0 aromatic rings. The molecule has 38 nitrogen and oxygen atoms in total. The van der Waals surface area contributed by atoms with Gasteiger partial charge in [0, 0.05) is 0 Å². The van der Waals surface area contributed by atoms with Crippen LogP contribution in [0.4, 0.5) is 0 Å². The lowest BCUT2D eigenvalue weighted by Crippen LogP contribution is -2.68. The van der Waals surface area contributed by atoms with Crippen LogP contribution < -0.4 is 0 Å². The predicted molar refractivity (Wildman–Crippen MR) is 275 cm³/mol. The third kappa shape index (κ3) is 16.7. The van der Waals surface area contributed by atoms with Gasteiger partial charge in [-0.1, -0.05) is 0 Å². The molecule has 21 N–H and O–H groups in total. The van der Waals surface area contributed by atoms with Crippen molar-refractivity contribution in [3.63, 3.8) is 0 Å². The second-order valence-electron chi connectivity index (χ2n) is 23.3. The molecule has 89 heavy (non-hydrogen) atoms. The molecule has 0 aromatic carbocycles. The number of aliphatic hydroxyl groups is 21. The summed E-state index contributed by atoms with van der Waals surface area (Å²) in [6.07, 6.45) is -73.5. The molecule has 38 atom stereocenters. The monoisotopic (exact) mass is 1310 g/mol. The van der Waals surface area contributed by atoms with Crippen LogP contribution >= 0.6 is 0 Å². The maximum atomic E-state index is 11.7. The Morgan fingerprint density at radius 2 is 0.382 bits per heavy atom. The van der Waals surface area contributed by atoms with Crippen molar-refractivity contribution < 1.29 is 188 Å². The Hall–Kier alpha value is -1.52. The Morgan fingerprint density at radius 1 is 0.236 bits per heavy atom. The van der Waals surface area contributed by atoms with Gasteiger partial charge in [0.1, 0.15) is 171 Å². The van der Waals surface area contributed by atoms with E-state index in [0.717, 1.165) is 0 Å². The second-order valence-corrected chi connectivity index (χ2v) is 23.3. The lowest BCUT2D eigenvalue weighted by Gasteiger charge is -2.50. The van der Waals surface area contributed by atoms with Crippen LogP contribution in [0.2, 0.25) is 0 Å². The third-order valence-electron chi connectivity index (χ3n) is 16.2. The summed E-state index contributed by atoms with van der Waals surface area (Å²) < 4.78 is 99.1. The van der Waals surface area contributed by atoms with Gasteiger partial charge in [0.05, 0.1) is 84.4 Å². The zero-order valence-electron chi connectivity index (χ0n) is 48.3. The van der Waals surface area contributed by atoms with Gasteiger partial charge in [-0.2, -0.15) is 0 Å². The first-order chi connectivity index (χ1) is 42.2. The van der Waals surface area contributed by atoms with Gasteiger partial charge in [0.2, 0.25) is 0 Å². The van der Waals surface area contributed by atoms with E-state index in [1.807, 2.05) is 0 Å². The zero-order valence-corrected chi connectivity index (χ0v) is 48.3. The van der Waals surface area contributed by atoms with Crippen molar-refractivity contribution in [1.29, 1.82) is 0 Å². The van der Waals surface area contributed by atoms with Crippen molar-refractivity contribution >= 4 is 0 Å². The van der Waals surface area contributed by atoms with E-state index in [-0.39, 0.29) is 19.8 Å². The standard InChI is InChI=1S/C51H88O38/c1-14(56)8-73-11-21-42-29(64)36(71)50(81-21)85-40-19(6-54)79-48(34(69)27(40)62)89-44-23(13-75-10-16(3)58)82-51(37(72)30(44)65)86-41-20(7-55)78-47(33(68)26(41)61)88-43-22(12-74-9-15(2)57)80-49(35(70)28(43)63)84-39-18(5-53)76-45(31(66)24(39)59)83-38-17(4-52)77-46(87-42)32(67)25(38)60/h14-72H,4-13H2,1-3H3/t14?,15?,16?,17-,18-,19-,20-,21-,22-,23-,24-,25-,26-,27-,28-,29-,30-,31-,32-,33-,34-,35-,36-,37-,38-,39-,40-,41-,42-,43-,44-,45-,46-,47-,48-,49-,50-,51-/m1/s1. The van der Waals surface area contributed by atoms with Gasteiger partial charge in [-0.3, -0.25) is 0 Å². The van der Waals surface area contributed by atoms with Crippen LogP contribution in [0, 0.1) is 0 Å². The van der Waals surface area contributed by atoms with Gasteiger partial charge in [0.25, 0.3) is 0 Å². The Kier molecular flexibility index (Phi) is 26.7. The molecule has 38 heteroatoms. The summed E-state index contributed by atoms with van der Waals surface area (Å²) in [5.74, 6) is 0. The molecule has 0 saturated carbocycles. The third-order valence-corrected chi connectivity index (χ3v) is 16.2. The van der Waals surface area contributed by atoms with Crippen LogP contribution in [0.1, 0.15) is 20.8 Å². The van der Waals surface area contributed by atoms with Crippen LogP contribution in [-0.4, -0.2) is 407 Å². The topological polar surface area (TPSA) is 582 Å². The summed E-state index contributed by atoms with van der Waals surface area (Å²) >= 11 is 0. The maximum Gasteiger partial charge on any atom is 0.187 e. The number of ether oxygens (including phenoxy) is 17. The molecule has 0 spiro atoms. The van der Waals surface area contributed by atoms with E-state index >= 15 is 0 Å². The molecule has 21 aliphatic heterocycles. The number of rotatable bonds is 16. The molecule has 0 radical (unpaired) electrons. The van der Waals surface area contributed by atoms with Crippen molar-refractivity contribution in [2.24, 2.45) is 0 Å². The van der Waals surface area contributed by atoms with Crippen LogP contribution in [0.15, 0.2) is 0 Å². The van der Waals surface area contributed by atoms with Crippen LogP contribution in [0.5, 0.6) is 0 Å². The minimum Gasteiger partial charge on any atom is -0.394 e. The summed E-state index contributed by atoms with van der Waals surface area (Å²) in [4.78, 5) is 0. The van der Waals surface area contributed by atoms with Crippen molar-refractivity contribution in [3.8, 4) is 0 Å². The fourth-order valence-corrected chi connectivity index (χ4v) is 11.4. The van der Waals surface area contributed by atoms with Crippen LogP contribution in [-0.2, 0) is 80.5 Å². The maximum absolute atomic E-state index is 11.7. The van der Waals surface area contributed by atoms with E-state index < -0.39 is 280 Å². The molecular formula is C51H88O38. The first kappa shape index (κ1) is 73.3. The second kappa shape index (κ2) is 32.5. The van der Waals surface area contributed by atoms with Crippen molar-refractivity contribution in [2.75, 3.05) is 66.1 Å². The van der Waals surface area contributed by atoms with E-state index in [1.54, 1.807) is 0 Å². The largest absolute Gasteiger partial charge is 0.394 e. The van der Waals surface area contributed by atoms with Gasteiger partial charge < -0.3 is 188 Å². The molecular weight excluding hydrogens is 1220 g/mol. The van der Waals surface area contributed by atoms with E-state index in [0.29, 0.717) is 0 Å². The number of hydrogen-bond acceptors (Lipinski definition) is 38. The highest BCUT2D eigenvalue weighted by Gasteiger charge is 2.60. The Labute approximate surface area is 507 Å². The van der Waals surface area contributed by atoms with Crippen molar-refractivity contribution in [1.82, 2.24) is 0 Å². The van der Waals surface area contributed by atoms with Gasteiger partial charge in [0.15, 0.2) is 44.0 Å². The van der Waals surface area contributed by atoms with E-state index in [1.165, 1.54) is 20.8 Å². The first-order valence-electron chi connectivity index (χ1n) is 29.1. The Balaban J connectivity index is 1.12. The molecule has 3 unspecified atom stereocenters. The predicted octanol–water partition coefficient (Wildman–Crippen LogP) is -14.0. The van der Waals surface area contributed by atoms with Gasteiger partial charge in [-0.05, 0) is 20.8 Å². The first-order valence-corrected chi connectivity index (χ1v) is 29.1. The van der Waals surface area contributed by atoms with Gasteiger partial charge >= 0.3 is 0 Å². The average Bonchev–Trinajstić information content (AvgIpc) is 1.07. The minimum absolute atomic E-state index is 0.365. The summed E-state index contributed by atoms with van der Waals surface area (Å²) in [5.41, 5.74) is 0. The van der Waals surface area contributed by atoms with Gasteiger partial charge in [-0.25, -0.2) is 0 Å². The SMILES string of the molecule is CC(O)COC[C@H]1O[C@@H]2O[C@H]3[C@H](O)[C@@H](O)[C@@H](O[C@H]4[C@H](O)[C@@H](O)[C@@H](O[C@H]5[C@H](O)[C@@H](O)[C@@H](O[C@H]6[C@H](O)[C@@H](O)[C@@H](O[C@H]7[C@H](O)[C@@H](O)[C@@H](O[C@H]8[C@H](O)[C@@H](O)[C@@H](O[C@H]1[C@H](O)[C@H]2O)O[C@@H]8CO)O[C@@H]7COCC(C)O)O[C@@H]6CO)O[C@@H]5COCC(C)O)O[C@@H]4CO)O[C@@H]3CO. The molecule has 21 rings (SSSR count). The summed E-state index contributed by atoms with van der Waals surface area (Å²) in [5, 5.41) is 235. The van der Waals surface area contributed by atoms with Crippen molar-refractivity contribution in [2.45, 2.75) is 254 Å². The highest BCUT2D eigenvalue weighted by atomic mass is 16.8. The van der Waals surface area contributed by atoms with E-state index in [2.05, 4.69) is 0 Å². The van der Waals surface area contributed by atoms with Crippen LogP contribution in [0.3, 0.4) is 0 Å². The fourth-order valence-electron chi connectivity index (χ4n) is 11.4. The average molecular weight is 1310 g/mol. The van der Waals surface area contributed by atoms with Crippen molar-refractivity contribution in [3.05, 3.63) is 0 Å². The molecule has 0 amide bonds. The van der Waals surface area contributed by atoms with E-state index in [4.69, 9.17) is 80.5 Å². The zero-order chi connectivity index (χ0) is 65.0. The quantitative estimate of drug-likeness (QED) is 0.0682. The Bertz CT molecular complexity index is 2070. The minimum atomic E-state index is -2.23. The summed E-state index contributed by atoms with van der Waals surface area (Å²) in [6.45, 7) is -3.10. The molecule has 21 fully saturated rings. The van der Waals surface area contributed by atoms with Crippen LogP contribution in [0.25, 0.3) is 0 Å². The molecule has 14 bridgehead atoms. The molecule has 0 aromatic heterocycles. The smallest absolute Gasteiger partial charge is 0.187 e. The van der Waals surface area contributed by atoms with Gasteiger partial charge in [-0.15, -0.1) is 0 Å². The highest BCUT2D eigenvalue weighted by Crippen LogP contribution is 2.39. The van der Waals surface area contributed by atoms with E-state index in [9.17, 15) is 107 Å². The highest BCUT2D eigenvalue weighted by molar-refractivity contribution is 5.02. The Morgan fingerprint density at radius 3 is 0.528 bits per heavy atom. The molecule has 21 saturated heterocycles. The summed E-state index contributed by atoms with van der Waals surface area (Å²) in [6, 6.07) is 0.